The molecule has 0 spiro atoms. The van der Waals surface area contributed by atoms with Crippen molar-refractivity contribution in [1.29, 1.82) is 0 Å². The Hall–Kier alpha value is -1.20. The number of aromatic nitrogens is 2. The molecule has 0 radical (unpaired) electrons. The zero-order valence-electron chi connectivity index (χ0n) is 9.81. The number of nitrogens with zero attached hydrogens (tertiary/aromatic N) is 3. The van der Waals surface area contributed by atoms with Crippen molar-refractivity contribution in [2.45, 2.75) is 13.0 Å². The lowest BCUT2D eigenvalue weighted by atomic mass is 10.1. The maximum atomic E-state index is 4.95. The lowest BCUT2D eigenvalue weighted by molar-refractivity contribution is 0.185. The Balaban J connectivity index is 2.04. The number of hydrogen-bond donors (Lipinski definition) is 1. The molecule has 5 heteroatoms. The van der Waals surface area contributed by atoms with Crippen LogP contribution in [0.3, 0.4) is 0 Å². The topological polar surface area (TPSA) is 50.3 Å². The fraction of sp³-hybridized carbons (Fsp3) is 0.636. The van der Waals surface area contributed by atoms with Crippen molar-refractivity contribution in [3.05, 3.63) is 18.0 Å². The summed E-state index contributed by atoms with van der Waals surface area (Å²) in [6.07, 6.45) is 3.69. The van der Waals surface area contributed by atoms with Crippen molar-refractivity contribution < 1.29 is 4.74 Å². The standard InChI is InChI=1S/C11H18N4O/c1-9(15-5-3-12-4-6-15)10-7-13-11(16-2)14-8-10/h7-9,12H,3-6H2,1-2H3. The monoisotopic (exact) mass is 222 g/mol. The Bertz CT molecular complexity index is 321. The first-order valence-electron chi connectivity index (χ1n) is 5.62. The highest BCUT2D eigenvalue weighted by Crippen LogP contribution is 2.19. The normalized spacial score (nSPS) is 19.4. The lowest BCUT2D eigenvalue weighted by Gasteiger charge is -2.32. The number of ether oxygens (including phenoxy) is 1. The molecule has 2 rings (SSSR count). The van der Waals surface area contributed by atoms with E-state index in [1.54, 1.807) is 7.11 Å². The first-order chi connectivity index (χ1) is 7.81. The second kappa shape index (κ2) is 5.23. The summed E-state index contributed by atoms with van der Waals surface area (Å²) < 4.78 is 4.95. The van der Waals surface area contributed by atoms with Crippen molar-refractivity contribution >= 4 is 0 Å². The van der Waals surface area contributed by atoms with Gasteiger partial charge in [-0.25, -0.2) is 9.97 Å². The highest BCUT2D eigenvalue weighted by Gasteiger charge is 2.18. The second-order valence-electron chi connectivity index (χ2n) is 3.97. The van der Waals surface area contributed by atoms with Gasteiger partial charge in [0, 0.05) is 50.2 Å². The van der Waals surface area contributed by atoms with Crippen molar-refractivity contribution in [2.24, 2.45) is 0 Å². The van der Waals surface area contributed by atoms with Crippen LogP contribution in [0.1, 0.15) is 18.5 Å². The Morgan fingerprint density at radius 1 is 1.31 bits per heavy atom. The fourth-order valence-electron chi connectivity index (χ4n) is 1.93. The van der Waals surface area contributed by atoms with Gasteiger partial charge in [-0.2, -0.15) is 0 Å². The van der Waals surface area contributed by atoms with Crippen LogP contribution in [0.25, 0.3) is 0 Å². The number of methoxy groups -OCH3 is 1. The molecule has 1 atom stereocenters. The minimum Gasteiger partial charge on any atom is -0.467 e. The van der Waals surface area contributed by atoms with Gasteiger partial charge >= 0.3 is 6.01 Å². The molecule has 1 aromatic rings. The summed E-state index contributed by atoms with van der Waals surface area (Å²) in [6.45, 7) is 6.46. The Labute approximate surface area is 95.8 Å². The van der Waals surface area contributed by atoms with Crippen LogP contribution in [0.2, 0.25) is 0 Å². The minimum absolute atomic E-state index is 0.369. The van der Waals surface area contributed by atoms with Crippen LogP contribution in [-0.4, -0.2) is 48.2 Å². The quantitative estimate of drug-likeness (QED) is 0.804. The minimum atomic E-state index is 0.369. The van der Waals surface area contributed by atoms with Gasteiger partial charge in [0.25, 0.3) is 0 Å². The van der Waals surface area contributed by atoms with Crippen molar-refractivity contribution in [1.82, 2.24) is 20.2 Å². The van der Waals surface area contributed by atoms with Gasteiger partial charge in [0.1, 0.15) is 0 Å². The maximum absolute atomic E-state index is 4.95. The maximum Gasteiger partial charge on any atom is 0.316 e. The van der Waals surface area contributed by atoms with Gasteiger partial charge in [0.2, 0.25) is 0 Å². The van der Waals surface area contributed by atoms with E-state index in [0.717, 1.165) is 31.7 Å². The van der Waals surface area contributed by atoms with Crippen LogP contribution in [0.15, 0.2) is 12.4 Å². The Morgan fingerprint density at radius 3 is 2.50 bits per heavy atom. The van der Waals surface area contributed by atoms with Crippen LogP contribution in [-0.2, 0) is 0 Å². The second-order valence-corrected chi connectivity index (χ2v) is 3.97. The molecular formula is C11H18N4O. The predicted octanol–water partition coefficient (Wildman–Crippen LogP) is 0.451. The molecule has 1 fully saturated rings. The van der Waals surface area contributed by atoms with Crippen molar-refractivity contribution in [2.75, 3.05) is 33.3 Å². The molecule has 0 aliphatic carbocycles. The molecule has 16 heavy (non-hydrogen) atoms. The summed E-state index contributed by atoms with van der Waals surface area (Å²) in [7, 11) is 1.58. The molecule has 1 aliphatic heterocycles. The van der Waals surface area contributed by atoms with Crippen LogP contribution in [0.5, 0.6) is 6.01 Å². The van der Waals surface area contributed by atoms with Crippen molar-refractivity contribution in [3.63, 3.8) is 0 Å². The van der Waals surface area contributed by atoms with E-state index in [1.165, 1.54) is 0 Å². The van der Waals surface area contributed by atoms with E-state index in [1.807, 2.05) is 12.4 Å². The summed E-state index contributed by atoms with van der Waals surface area (Å²) in [5, 5.41) is 3.35. The lowest BCUT2D eigenvalue weighted by Crippen LogP contribution is -2.44. The van der Waals surface area contributed by atoms with E-state index in [2.05, 4.69) is 27.1 Å². The molecule has 0 saturated carbocycles. The highest BCUT2D eigenvalue weighted by molar-refractivity contribution is 5.12. The number of nitrogens with one attached hydrogen (secondary N) is 1. The third kappa shape index (κ3) is 2.48. The van der Waals surface area contributed by atoms with Gasteiger partial charge in [0.15, 0.2) is 0 Å². The SMILES string of the molecule is COc1ncc(C(C)N2CCNCC2)cn1. The van der Waals surface area contributed by atoms with E-state index >= 15 is 0 Å². The zero-order valence-corrected chi connectivity index (χ0v) is 9.81. The molecule has 1 aromatic heterocycles. The van der Waals surface area contributed by atoms with Gasteiger partial charge in [-0.15, -0.1) is 0 Å². The molecule has 1 aliphatic rings. The molecule has 0 bridgehead atoms. The molecule has 88 valence electrons. The average molecular weight is 222 g/mol. The van der Waals surface area contributed by atoms with E-state index in [-0.39, 0.29) is 0 Å². The Morgan fingerprint density at radius 2 is 1.94 bits per heavy atom. The molecule has 5 nitrogen and oxygen atoms in total. The molecule has 2 heterocycles. The zero-order chi connectivity index (χ0) is 11.4. The summed E-state index contributed by atoms with van der Waals surface area (Å²) >= 11 is 0. The van der Waals surface area contributed by atoms with Gasteiger partial charge < -0.3 is 10.1 Å². The highest BCUT2D eigenvalue weighted by atomic mass is 16.5. The van der Waals surface area contributed by atoms with Crippen LogP contribution in [0, 0.1) is 0 Å². The summed E-state index contributed by atoms with van der Waals surface area (Å²) in [5.74, 6) is 0. The molecule has 1 unspecified atom stereocenters. The molecule has 0 amide bonds. The molecular weight excluding hydrogens is 204 g/mol. The first-order valence-corrected chi connectivity index (χ1v) is 5.62. The smallest absolute Gasteiger partial charge is 0.316 e. The molecule has 1 saturated heterocycles. The van der Waals surface area contributed by atoms with Crippen LogP contribution in [0.4, 0.5) is 0 Å². The predicted molar refractivity (Wildman–Crippen MR) is 61.4 cm³/mol. The first kappa shape index (κ1) is 11.3. The van der Waals surface area contributed by atoms with E-state index in [0.29, 0.717) is 12.1 Å². The van der Waals surface area contributed by atoms with Crippen LogP contribution < -0.4 is 10.1 Å². The van der Waals surface area contributed by atoms with E-state index in [9.17, 15) is 0 Å². The summed E-state index contributed by atoms with van der Waals surface area (Å²) in [5.41, 5.74) is 1.14. The molecule has 0 aromatic carbocycles. The average Bonchev–Trinajstić information content (AvgIpc) is 2.39. The fourth-order valence-corrected chi connectivity index (χ4v) is 1.93. The summed E-state index contributed by atoms with van der Waals surface area (Å²) in [6, 6.07) is 0.796. The van der Waals surface area contributed by atoms with E-state index in [4.69, 9.17) is 4.74 Å². The Kier molecular flexibility index (Phi) is 3.69. The number of rotatable bonds is 3. The van der Waals surface area contributed by atoms with Crippen molar-refractivity contribution in [3.8, 4) is 6.01 Å². The van der Waals surface area contributed by atoms with Gasteiger partial charge in [-0.3, -0.25) is 4.90 Å². The number of hydrogen-bond acceptors (Lipinski definition) is 5. The van der Waals surface area contributed by atoms with Gasteiger partial charge in [0.05, 0.1) is 7.11 Å². The molecule has 1 N–H and O–H groups in total. The summed E-state index contributed by atoms with van der Waals surface area (Å²) in [4.78, 5) is 10.7. The third-order valence-corrected chi connectivity index (χ3v) is 3.01. The largest absolute Gasteiger partial charge is 0.467 e. The third-order valence-electron chi connectivity index (χ3n) is 3.01. The van der Waals surface area contributed by atoms with Gasteiger partial charge in [-0.05, 0) is 6.92 Å². The van der Waals surface area contributed by atoms with Gasteiger partial charge in [-0.1, -0.05) is 0 Å². The van der Waals surface area contributed by atoms with E-state index < -0.39 is 0 Å². The van der Waals surface area contributed by atoms with Crippen LogP contribution >= 0.6 is 0 Å². The number of piperazine rings is 1.